The number of unbranched alkanes of at least 4 members (excludes halogenated alkanes) is 33. The van der Waals surface area contributed by atoms with E-state index in [9.17, 15) is 14.4 Å². The van der Waals surface area contributed by atoms with Crippen LogP contribution in [-0.2, 0) is 28.6 Å². The predicted octanol–water partition coefficient (Wildman–Crippen LogP) is 17.2. The minimum absolute atomic E-state index is 0.0695. The third-order valence-corrected chi connectivity index (χ3v) is 11.7. The molecule has 352 valence electrons. The molecule has 0 aromatic rings. The van der Waals surface area contributed by atoms with Gasteiger partial charge in [0.15, 0.2) is 6.10 Å². The Bertz CT molecular complexity index is 973. The molecule has 1 atom stereocenters. The van der Waals surface area contributed by atoms with Gasteiger partial charge in [0.2, 0.25) is 0 Å². The summed E-state index contributed by atoms with van der Waals surface area (Å²) in [5.74, 6) is -0.862. The summed E-state index contributed by atoms with van der Waals surface area (Å²) in [6, 6.07) is 0. The van der Waals surface area contributed by atoms with Crippen LogP contribution in [0.5, 0.6) is 0 Å². The fraction of sp³-hybridized carbons (Fsp3) is 0.870. The summed E-state index contributed by atoms with van der Waals surface area (Å²) in [4.78, 5) is 38.0. The molecule has 0 saturated heterocycles. The zero-order valence-electron chi connectivity index (χ0n) is 40.2. The monoisotopic (exact) mass is 845 g/mol. The van der Waals surface area contributed by atoms with Crippen molar-refractivity contribution < 1.29 is 28.6 Å². The Balaban J connectivity index is 4.32. The van der Waals surface area contributed by atoms with E-state index in [0.717, 1.165) is 77.0 Å². The van der Waals surface area contributed by atoms with Crippen LogP contribution in [0.3, 0.4) is 0 Å². The summed E-state index contributed by atoms with van der Waals surface area (Å²) in [6.45, 7) is 6.56. The fourth-order valence-electron chi connectivity index (χ4n) is 7.78. The van der Waals surface area contributed by atoms with Crippen LogP contribution < -0.4 is 0 Å². The average molecular weight is 845 g/mol. The van der Waals surface area contributed by atoms with Gasteiger partial charge in [0.25, 0.3) is 0 Å². The van der Waals surface area contributed by atoms with Crippen molar-refractivity contribution in [3.8, 4) is 0 Å². The lowest BCUT2D eigenvalue weighted by Gasteiger charge is -2.18. The number of carbonyl (C=O) groups is 3. The molecule has 0 aliphatic carbocycles. The first-order valence-electron chi connectivity index (χ1n) is 26.3. The number of ether oxygens (including phenoxy) is 3. The summed E-state index contributed by atoms with van der Waals surface area (Å²) in [6.07, 6.45) is 55.9. The Morgan fingerprint density at radius 1 is 0.350 bits per heavy atom. The van der Waals surface area contributed by atoms with E-state index in [1.54, 1.807) is 0 Å². The van der Waals surface area contributed by atoms with Crippen LogP contribution in [0.15, 0.2) is 24.3 Å². The normalized spacial score (nSPS) is 12.1. The predicted molar refractivity (Wildman–Crippen MR) is 256 cm³/mol. The minimum Gasteiger partial charge on any atom is -0.462 e. The van der Waals surface area contributed by atoms with Gasteiger partial charge in [-0.1, -0.05) is 244 Å². The second-order valence-electron chi connectivity index (χ2n) is 17.8. The molecular weight excluding hydrogens is 745 g/mol. The highest BCUT2D eigenvalue weighted by Gasteiger charge is 2.19. The van der Waals surface area contributed by atoms with Crippen molar-refractivity contribution in [1.29, 1.82) is 0 Å². The number of hydrogen-bond donors (Lipinski definition) is 0. The summed E-state index contributed by atoms with van der Waals surface area (Å²) in [5.41, 5.74) is 0. The molecule has 0 aliphatic heterocycles. The maximum Gasteiger partial charge on any atom is 0.306 e. The topological polar surface area (TPSA) is 78.9 Å². The van der Waals surface area contributed by atoms with E-state index < -0.39 is 6.10 Å². The summed E-state index contributed by atoms with van der Waals surface area (Å²) < 4.78 is 16.8. The van der Waals surface area contributed by atoms with Gasteiger partial charge in [-0.05, 0) is 44.9 Å². The van der Waals surface area contributed by atoms with E-state index in [1.807, 2.05) is 0 Å². The lowest BCUT2D eigenvalue weighted by atomic mass is 10.0. The van der Waals surface area contributed by atoms with Gasteiger partial charge in [0.05, 0.1) is 0 Å². The van der Waals surface area contributed by atoms with Crippen molar-refractivity contribution >= 4 is 17.9 Å². The Kier molecular flexibility index (Phi) is 47.8. The molecule has 0 bridgehead atoms. The van der Waals surface area contributed by atoms with Gasteiger partial charge in [-0.2, -0.15) is 0 Å². The second kappa shape index (κ2) is 49.5. The van der Waals surface area contributed by atoms with E-state index in [-0.39, 0.29) is 31.1 Å². The van der Waals surface area contributed by atoms with Gasteiger partial charge in [-0.3, -0.25) is 14.4 Å². The molecule has 1 unspecified atom stereocenters. The van der Waals surface area contributed by atoms with E-state index >= 15 is 0 Å². The van der Waals surface area contributed by atoms with Crippen LogP contribution in [0.1, 0.15) is 284 Å². The van der Waals surface area contributed by atoms with Gasteiger partial charge in [0.1, 0.15) is 13.2 Å². The van der Waals surface area contributed by atoms with E-state index in [0.29, 0.717) is 19.3 Å². The van der Waals surface area contributed by atoms with Gasteiger partial charge in [-0.15, -0.1) is 0 Å². The van der Waals surface area contributed by atoms with Crippen molar-refractivity contribution in [2.24, 2.45) is 0 Å². The average Bonchev–Trinajstić information content (AvgIpc) is 3.24. The standard InChI is InChI=1S/C54H100O6/c1-4-7-10-13-16-19-22-25-27-28-30-32-35-38-41-44-47-53(56)59-50-51(49-58-52(55)46-43-40-37-34-31-24-21-18-15-12-9-6-3)60-54(57)48-45-42-39-36-33-29-26-23-20-17-14-11-8-5-2/h8,11,17,20,51H,4-7,9-10,12-16,18-19,21-50H2,1-3H3/b11-8-,20-17-. The molecule has 0 aromatic carbocycles. The number of carbonyl (C=O) groups excluding carboxylic acids is 3. The van der Waals surface area contributed by atoms with Gasteiger partial charge >= 0.3 is 17.9 Å². The lowest BCUT2D eigenvalue weighted by molar-refractivity contribution is -0.167. The third kappa shape index (κ3) is 46.9. The molecule has 6 heteroatoms. The highest BCUT2D eigenvalue weighted by Crippen LogP contribution is 2.16. The zero-order valence-corrected chi connectivity index (χ0v) is 40.2. The molecule has 0 radical (unpaired) electrons. The van der Waals surface area contributed by atoms with E-state index in [2.05, 4.69) is 45.1 Å². The molecule has 0 heterocycles. The van der Waals surface area contributed by atoms with Crippen molar-refractivity contribution in [2.45, 2.75) is 290 Å². The molecule has 0 N–H and O–H groups in total. The molecule has 0 spiro atoms. The smallest absolute Gasteiger partial charge is 0.306 e. The first-order valence-corrected chi connectivity index (χ1v) is 26.3. The van der Waals surface area contributed by atoms with Crippen molar-refractivity contribution in [2.75, 3.05) is 13.2 Å². The minimum atomic E-state index is -0.769. The van der Waals surface area contributed by atoms with Crippen molar-refractivity contribution in [3.63, 3.8) is 0 Å². The van der Waals surface area contributed by atoms with Crippen LogP contribution in [-0.4, -0.2) is 37.2 Å². The van der Waals surface area contributed by atoms with Crippen molar-refractivity contribution in [3.05, 3.63) is 24.3 Å². The third-order valence-electron chi connectivity index (χ3n) is 11.7. The van der Waals surface area contributed by atoms with Gasteiger partial charge in [-0.25, -0.2) is 0 Å². The highest BCUT2D eigenvalue weighted by atomic mass is 16.6. The van der Waals surface area contributed by atoms with Crippen LogP contribution in [0, 0.1) is 0 Å². The molecule has 0 aliphatic rings. The Hall–Kier alpha value is -2.11. The first kappa shape index (κ1) is 57.9. The SMILES string of the molecule is CC/C=C\C/C=C\CCCCCCCCCC(=O)OC(COC(=O)CCCCCCCCCCCCCC)COC(=O)CCCCCCCCCCCCCCCCCC. The summed E-state index contributed by atoms with van der Waals surface area (Å²) in [5, 5.41) is 0. The number of rotatable bonds is 48. The molecule has 6 nitrogen and oxygen atoms in total. The van der Waals surface area contributed by atoms with Crippen LogP contribution >= 0.6 is 0 Å². The highest BCUT2D eigenvalue weighted by molar-refractivity contribution is 5.71. The molecule has 0 aromatic heterocycles. The van der Waals surface area contributed by atoms with Crippen LogP contribution in [0.25, 0.3) is 0 Å². The van der Waals surface area contributed by atoms with Crippen LogP contribution in [0.4, 0.5) is 0 Å². The largest absolute Gasteiger partial charge is 0.462 e. The molecule has 0 rings (SSSR count). The zero-order chi connectivity index (χ0) is 43.7. The van der Waals surface area contributed by atoms with Crippen LogP contribution in [0.2, 0.25) is 0 Å². The molecule has 60 heavy (non-hydrogen) atoms. The quantitative estimate of drug-likeness (QED) is 0.0263. The van der Waals surface area contributed by atoms with Gasteiger partial charge < -0.3 is 14.2 Å². The van der Waals surface area contributed by atoms with Gasteiger partial charge in [0, 0.05) is 19.3 Å². The summed E-state index contributed by atoms with van der Waals surface area (Å²) in [7, 11) is 0. The number of esters is 3. The molecular formula is C54H100O6. The number of allylic oxidation sites excluding steroid dienone is 4. The maximum absolute atomic E-state index is 12.8. The summed E-state index contributed by atoms with van der Waals surface area (Å²) >= 11 is 0. The second-order valence-corrected chi connectivity index (χ2v) is 17.8. The Labute approximate surface area is 373 Å². The van der Waals surface area contributed by atoms with Crippen molar-refractivity contribution in [1.82, 2.24) is 0 Å². The van der Waals surface area contributed by atoms with E-state index in [4.69, 9.17) is 14.2 Å². The maximum atomic E-state index is 12.8. The molecule has 0 amide bonds. The fourth-order valence-corrected chi connectivity index (χ4v) is 7.78. The molecule has 0 fully saturated rings. The Morgan fingerprint density at radius 3 is 1.00 bits per heavy atom. The van der Waals surface area contributed by atoms with E-state index in [1.165, 1.54) is 167 Å². The first-order chi connectivity index (χ1) is 29.5. The molecule has 0 saturated carbocycles. The lowest BCUT2D eigenvalue weighted by Crippen LogP contribution is -2.30. The Morgan fingerprint density at radius 2 is 0.650 bits per heavy atom. The number of hydrogen-bond acceptors (Lipinski definition) is 6.